The quantitative estimate of drug-likeness (QED) is 0.922. The molecule has 116 valence electrons. The molecule has 0 aliphatic carbocycles. The Morgan fingerprint density at radius 3 is 2.36 bits per heavy atom. The number of carbonyl (C=O) groups is 1. The van der Waals surface area contributed by atoms with Crippen LogP contribution >= 0.6 is 0 Å². The van der Waals surface area contributed by atoms with Crippen molar-refractivity contribution in [2.24, 2.45) is 0 Å². The van der Waals surface area contributed by atoms with Crippen LogP contribution in [0.1, 0.15) is 45.6 Å². The lowest BCUT2D eigenvalue weighted by atomic mass is 9.99. The van der Waals surface area contributed by atoms with Crippen LogP contribution in [0.15, 0.2) is 36.4 Å². The van der Waals surface area contributed by atoms with E-state index in [2.05, 4.69) is 18.3 Å². The Kier molecular flexibility index (Phi) is 4.86. The van der Waals surface area contributed by atoms with Crippen LogP contribution in [0, 0.1) is 20.8 Å². The molecule has 0 fully saturated rings. The number of hydrogen-bond donors (Lipinski definition) is 1. The SMILES string of the molecule is COc1ccccc1[C@H](C)NC(=O)c1cc(C)c(C)cc1C. The fraction of sp³-hybridized carbons (Fsp3) is 0.316. The first kappa shape index (κ1) is 16.1. The van der Waals surface area contributed by atoms with E-state index in [0.29, 0.717) is 0 Å². The Morgan fingerprint density at radius 1 is 1.05 bits per heavy atom. The second kappa shape index (κ2) is 6.65. The van der Waals surface area contributed by atoms with E-state index in [1.54, 1.807) is 7.11 Å². The molecule has 0 aromatic heterocycles. The van der Waals surface area contributed by atoms with Crippen molar-refractivity contribution in [3.8, 4) is 5.75 Å². The number of aryl methyl sites for hydroxylation is 3. The summed E-state index contributed by atoms with van der Waals surface area (Å²) in [4.78, 5) is 12.6. The topological polar surface area (TPSA) is 38.3 Å². The third-order valence-electron chi connectivity index (χ3n) is 4.04. The molecule has 0 radical (unpaired) electrons. The Bertz CT molecular complexity index is 692. The molecule has 3 nitrogen and oxygen atoms in total. The summed E-state index contributed by atoms with van der Waals surface area (Å²) < 4.78 is 5.36. The first-order valence-electron chi connectivity index (χ1n) is 7.45. The van der Waals surface area contributed by atoms with Crippen LogP contribution in [0.2, 0.25) is 0 Å². The summed E-state index contributed by atoms with van der Waals surface area (Å²) in [5, 5.41) is 3.06. The van der Waals surface area contributed by atoms with Gasteiger partial charge in [-0.3, -0.25) is 4.79 Å². The molecule has 1 amide bonds. The molecule has 0 aliphatic heterocycles. The van der Waals surface area contributed by atoms with Gasteiger partial charge < -0.3 is 10.1 Å². The van der Waals surface area contributed by atoms with Crippen molar-refractivity contribution in [2.75, 3.05) is 7.11 Å². The Morgan fingerprint density at radius 2 is 1.68 bits per heavy atom. The van der Waals surface area contributed by atoms with Gasteiger partial charge in [0.1, 0.15) is 5.75 Å². The van der Waals surface area contributed by atoms with E-state index in [4.69, 9.17) is 4.74 Å². The second-order valence-corrected chi connectivity index (χ2v) is 5.69. The van der Waals surface area contributed by atoms with Crippen molar-refractivity contribution in [1.82, 2.24) is 5.32 Å². The van der Waals surface area contributed by atoms with Crippen LogP contribution in [-0.2, 0) is 0 Å². The molecule has 1 N–H and O–H groups in total. The van der Waals surface area contributed by atoms with Gasteiger partial charge in [-0.25, -0.2) is 0 Å². The van der Waals surface area contributed by atoms with E-state index < -0.39 is 0 Å². The first-order valence-corrected chi connectivity index (χ1v) is 7.45. The van der Waals surface area contributed by atoms with Gasteiger partial charge in [0.15, 0.2) is 0 Å². The normalized spacial score (nSPS) is 11.9. The predicted octanol–water partition coefficient (Wildman–Crippen LogP) is 4.11. The van der Waals surface area contributed by atoms with Crippen LogP contribution in [-0.4, -0.2) is 13.0 Å². The zero-order valence-electron chi connectivity index (χ0n) is 13.9. The highest BCUT2D eigenvalue weighted by atomic mass is 16.5. The molecule has 0 unspecified atom stereocenters. The number of rotatable bonds is 4. The largest absolute Gasteiger partial charge is 0.496 e. The molecule has 3 heteroatoms. The number of nitrogens with one attached hydrogen (secondary N) is 1. The maximum absolute atomic E-state index is 12.6. The fourth-order valence-electron chi connectivity index (χ4n) is 2.58. The number of benzene rings is 2. The summed E-state index contributed by atoms with van der Waals surface area (Å²) in [6.45, 7) is 8.01. The van der Waals surface area contributed by atoms with Crippen molar-refractivity contribution in [1.29, 1.82) is 0 Å². The number of hydrogen-bond acceptors (Lipinski definition) is 2. The van der Waals surface area contributed by atoms with Gasteiger partial charge in [-0.1, -0.05) is 24.3 Å². The fourth-order valence-corrected chi connectivity index (χ4v) is 2.58. The summed E-state index contributed by atoms with van der Waals surface area (Å²) in [5.41, 5.74) is 5.02. The highest BCUT2D eigenvalue weighted by molar-refractivity contribution is 5.96. The average molecular weight is 297 g/mol. The number of carbonyl (C=O) groups excluding carboxylic acids is 1. The van der Waals surface area contributed by atoms with Gasteiger partial charge in [0.25, 0.3) is 5.91 Å². The monoisotopic (exact) mass is 297 g/mol. The van der Waals surface area contributed by atoms with Gasteiger partial charge in [0.05, 0.1) is 13.2 Å². The zero-order chi connectivity index (χ0) is 16.3. The third kappa shape index (κ3) is 3.30. The molecule has 0 heterocycles. The summed E-state index contributed by atoms with van der Waals surface area (Å²) in [5.74, 6) is 0.728. The van der Waals surface area contributed by atoms with Crippen LogP contribution in [0.3, 0.4) is 0 Å². The zero-order valence-corrected chi connectivity index (χ0v) is 13.9. The van der Waals surface area contributed by atoms with Crippen molar-refractivity contribution >= 4 is 5.91 Å². The van der Waals surface area contributed by atoms with Gasteiger partial charge in [-0.2, -0.15) is 0 Å². The molecule has 22 heavy (non-hydrogen) atoms. The third-order valence-corrected chi connectivity index (χ3v) is 4.04. The van der Waals surface area contributed by atoms with Crippen molar-refractivity contribution in [2.45, 2.75) is 33.7 Å². The van der Waals surface area contributed by atoms with Crippen molar-refractivity contribution < 1.29 is 9.53 Å². The van der Waals surface area contributed by atoms with Crippen LogP contribution in [0.4, 0.5) is 0 Å². The van der Waals surface area contributed by atoms with Gasteiger partial charge in [0, 0.05) is 11.1 Å². The molecule has 0 aliphatic rings. The molecule has 2 rings (SSSR count). The Labute approximate surface area is 132 Å². The summed E-state index contributed by atoms with van der Waals surface area (Å²) >= 11 is 0. The van der Waals surface area contributed by atoms with E-state index in [1.807, 2.05) is 51.1 Å². The predicted molar refractivity (Wildman–Crippen MR) is 89.5 cm³/mol. The molecular formula is C19H23NO2. The van der Waals surface area contributed by atoms with Gasteiger partial charge in [0.2, 0.25) is 0 Å². The van der Waals surface area contributed by atoms with Gasteiger partial charge in [-0.15, -0.1) is 0 Å². The maximum Gasteiger partial charge on any atom is 0.252 e. The number of methoxy groups -OCH3 is 1. The molecule has 2 aromatic rings. The van der Waals surface area contributed by atoms with Crippen LogP contribution in [0.25, 0.3) is 0 Å². The minimum atomic E-state index is -0.121. The maximum atomic E-state index is 12.6. The lowest BCUT2D eigenvalue weighted by Gasteiger charge is -2.18. The van der Waals surface area contributed by atoms with E-state index in [9.17, 15) is 4.79 Å². The smallest absolute Gasteiger partial charge is 0.252 e. The van der Waals surface area contributed by atoms with E-state index in [0.717, 1.165) is 28.0 Å². The number of para-hydroxylation sites is 1. The minimum Gasteiger partial charge on any atom is -0.496 e. The minimum absolute atomic E-state index is 0.0565. The second-order valence-electron chi connectivity index (χ2n) is 5.69. The van der Waals surface area contributed by atoms with E-state index >= 15 is 0 Å². The highest BCUT2D eigenvalue weighted by Gasteiger charge is 2.16. The Balaban J connectivity index is 2.23. The highest BCUT2D eigenvalue weighted by Crippen LogP contribution is 2.25. The molecule has 0 saturated carbocycles. The van der Waals surface area contributed by atoms with Crippen LogP contribution in [0.5, 0.6) is 5.75 Å². The van der Waals surface area contributed by atoms with Gasteiger partial charge >= 0.3 is 0 Å². The first-order chi connectivity index (χ1) is 10.4. The Hall–Kier alpha value is -2.29. The summed E-state index contributed by atoms with van der Waals surface area (Å²) in [6, 6.07) is 11.6. The molecule has 0 spiro atoms. The standard InChI is InChI=1S/C19H23NO2/c1-12-10-14(3)17(11-13(12)2)19(21)20-15(4)16-8-6-7-9-18(16)22-5/h6-11,15H,1-5H3,(H,20,21)/t15-/m0/s1. The van der Waals surface area contributed by atoms with Crippen molar-refractivity contribution in [3.63, 3.8) is 0 Å². The van der Waals surface area contributed by atoms with E-state index in [1.165, 1.54) is 5.56 Å². The van der Waals surface area contributed by atoms with Gasteiger partial charge in [-0.05, 0) is 56.5 Å². The van der Waals surface area contributed by atoms with Crippen molar-refractivity contribution in [3.05, 3.63) is 64.2 Å². The molecule has 0 saturated heterocycles. The molecule has 0 bridgehead atoms. The summed E-state index contributed by atoms with van der Waals surface area (Å²) in [7, 11) is 1.64. The number of ether oxygens (including phenoxy) is 1. The molecular weight excluding hydrogens is 274 g/mol. The van der Waals surface area contributed by atoms with Crippen LogP contribution < -0.4 is 10.1 Å². The van der Waals surface area contributed by atoms with E-state index in [-0.39, 0.29) is 11.9 Å². The molecule has 1 atom stereocenters. The number of amides is 1. The summed E-state index contributed by atoms with van der Waals surface area (Å²) in [6.07, 6.45) is 0. The molecule has 2 aromatic carbocycles. The lowest BCUT2D eigenvalue weighted by Crippen LogP contribution is -2.27. The lowest BCUT2D eigenvalue weighted by molar-refractivity contribution is 0.0939. The average Bonchev–Trinajstić information content (AvgIpc) is 2.50.